The van der Waals surface area contributed by atoms with Crippen LogP contribution in [0.2, 0.25) is 0 Å². The number of fused-ring (bicyclic) bond motifs is 2. The molecule has 0 spiro atoms. The van der Waals surface area contributed by atoms with Crippen LogP contribution in [-0.4, -0.2) is 46.4 Å². The first-order chi connectivity index (χ1) is 6.59. The Kier molecular flexibility index (Phi) is 3.10. The zero-order chi connectivity index (χ0) is 10.3. The van der Waals surface area contributed by atoms with Crippen LogP contribution in [0.1, 0.15) is 33.6 Å². The molecule has 0 saturated carbocycles. The Morgan fingerprint density at radius 2 is 1.57 bits per heavy atom. The van der Waals surface area contributed by atoms with E-state index in [0.29, 0.717) is 11.4 Å². The van der Waals surface area contributed by atoms with Gasteiger partial charge in [0.05, 0.1) is 5.37 Å². The van der Waals surface area contributed by atoms with Gasteiger partial charge in [0.25, 0.3) is 0 Å². The molecule has 0 N–H and O–H groups in total. The molecular weight excluding hydrogens is 192 g/mol. The van der Waals surface area contributed by atoms with Crippen molar-refractivity contribution >= 4 is 12.6 Å². The maximum atomic E-state index is 4.59. The summed E-state index contributed by atoms with van der Waals surface area (Å²) in [4.78, 5) is 5.23. The standard InChI is InChI=1S/C11H22N2S/c1-8(2)12-6-10-4-5-11(7-12)13(10)9(3)14/h8-11,14H,4-7H2,1-3H3. The molecule has 14 heavy (non-hydrogen) atoms. The summed E-state index contributed by atoms with van der Waals surface area (Å²) in [7, 11) is 0. The van der Waals surface area contributed by atoms with E-state index in [1.807, 2.05) is 0 Å². The van der Waals surface area contributed by atoms with Crippen molar-refractivity contribution in [3.8, 4) is 0 Å². The molecule has 3 unspecified atom stereocenters. The fourth-order valence-electron chi connectivity index (χ4n) is 3.00. The smallest absolute Gasteiger partial charge is 0.0505 e. The van der Waals surface area contributed by atoms with E-state index in [1.54, 1.807) is 0 Å². The van der Waals surface area contributed by atoms with Gasteiger partial charge in [0.2, 0.25) is 0 Å². The number of piperazine rings is 1. The molecule has 2 rings (SSSR count). The summed E-state index contributed by atoms with van der Waals surface area (Å²) in [6.07, 6.45) is 2.75. The lowest BCUT2D eigenvalue weighted by atomic mass is 10.1. The molecule has 2 fully saturated rings. The van der Waals surface area contributed by atoms with Crippen molar-refractivity contribution in [2.24, 2.45) is 0 Å². The molecule has 0 aromatic carbocycles. The highest BCUT2D eigenvalue weighted by Crippen LogP contribution is 2.33. The minimum absolute atomic E-state index is 0.432. The van der Waals surface area contributed by atoms with Gasteiger partial charge >= 0.3 is 0 Å². The zero-order valence-electron chi connectivity index (χ0n) is 9.48. The van der Waals surface area contributed by atoms with Gasteiger partial charge < -0.3 is 0 Å². The van der Waals surface area contributed by atoms with Crippen LogP contribution < -0.4 is 0 Å². The second kappa shape index (κ2) is 4.03. The van der Waals surface area contributed by atoms with Crippen LogP contribution in [0, 0.1) is 0 Å². The summed E-state index contributed by atoms with van der Waals surface area (Å²) in [6.45, 7) is 9.32. The molecule has 2 aliphatic heterocycles. The van der Waals surface area contributed by atoms with Crippen molar-refractivity contribution in [2.75, 3.05) is 13.1 Å². The zero-order valence-corrected chi connectivity index (χ0v) is 10.4. The van der Waals surface area contributed by atoms with Gasteiger partial charge in [-0.25, -0.2) is 0 Å². The molecule has 2 nitrogen and oxygen atoms in total. The van der Waals surface area contributed by atoms with Gasteiger partial charge in [0.15, 0.2) is 0 Å². The summed E-state index contributed by atoms with van der Waals surface area (Å²) in [5.74, 6) is 0. The van der Waals surface area contributed by atoms with Crippen molar-refractivity contribution in [1.82, 2.24) is 9.80 Å². The van der Waals surface area contributed by atoms with E-state index < -0.39 is 0 Å². The van der Waals surface area contributed by atoms with Crippen molar-refractivity contribution < 1.29 is 0 Å². The molecule has 0 aliphatic carbocycles. The summed E-state index contributed by atoms with van der Waals surface area (Å²) >= 11 is 4.59. The van der Waals surface area contributed by atoms with E-state index in [0.717, 1.165) is 12.1 Å². The van der Waals surface area contributed by atoms with Gasteiger partial charge in [0, 0.05) is 31.2 Å². The third kappa shape index (κ3) is 1.82. The van der Waals surface area contributed by atoms with Crippen molar-refractivity contribution in [3.63, 3.8) is 0 Å². The third-order valence-electron chi connectivity index (χ3n) is 3.73. The first-order valence-electron chi connectivity index (χ1n) is 5.79. The average Bonchev–Trinajstić information content (AvgIpc) is 2.37. The molecule has 3 heteroatoms. The van der Waals surface area contributed by atoms with Crippen LogP contribution in [0.25, 0.3) is 0 Å². The topological polar surface area (TPSA) is 6.48 Å². The molecule has 2 bridgehead atoms. The largest absolute Gasteiger partial charge is 0.298 e. The van der Waals surface area contributed by atoms with E-state index in [9.17, 15) is 0 Å². The van der Waals surface area contributed by atoms with Crippen LogP contribution in [0.4, 0.5) is 0 Å². The highest BCUT2D eigenvalue weighted by Gasteiger charge is 2.41. The maximum absolute atomic E-state index is 4.59. The molecule has 2 saturated heterocycles. The summed E-state index contributed by atoms with van der Waals surface area (Å²) in [5.41, 5.74) is 0. The predicted octanol–water partition coefficient (Wildman–Crippen LogP) is 1.82. The minimum atomic E-state index is 0.432. The Balaban J connectivity index is 2.05. The number of hydrogen-bond acceptors (Lipinski definition) is 3. The second-order valence-corrected chi connectivity index (χ2v) is 5.76. The van der Waals surface area contributed by atoms with Crippen molar-refractivity contribution in [1.29, 1.82) is 0 Å². The number of nitrogens with zero attached hydrogens (tertiary/aromatic N) is 2. The van der Waals surface area contributed by atoms with Crippen LogP contribution in [0.15, 0.2) is 0 Å². The second-order valence-electron chi connectivity index (χ2n) is 5.01. The van der Waals surface area contributed by atoms with Crippen LogP contribution in [0.3, 0.4) is 0 Å². The SMILES string of the molecule is CC(C)N1CC2CCC(C1)N2C(C)S. The van der Waals surface area contributed by atoms with Gasteiger partial charge in [0.1, 0.15) is 0 Å². The van der Waals surface area contributed by atoms with E-state index in [-0.39, 0.29) is 0 Å². The van der Waals surface area contributed by atoms with Crippen molar-refractivity contribution in [2.45, 2.75) is 57.1 Å². The van der Waals surface area contributed by atoms with Crippen LogP contribution in [0.5, 0.6) is 0 Å². The van der Waals surface area contributed by atoms with E-state index >= 15 is 0 Å². The highest BCUT2D eigenvalue weighted by molar-refractivity contribution is 7.80. The molecule has 3 atom stereocenters. The molecule has 0 radical (unpaired) electrons. The quantitative estimate of drug-likeness (QED) is 0.701. The maximum Gasteiger partial charge on any atom is 0.0505 e. The monoisotopic (exact) mass is 214 g/mol. The number of thiol groups is 1. The Morgan fingerprint density at radius 1 is 1.07 bits per heavy atom. The molecule has 0 aromatic heterocycles. The van der Waals surface area contributed by atoms with E-state index in [4.69, 9.17) is 0 Å². The Labute approximate surface area is 93.1 Å². The van der Waals surface area contributed by atoms with Gasteiger partial charge in [-0.05, 0) is 33.6 Å². The normalized spacial score (nSPS) is 36.6. The first kappa shape index (κ1) is 10.8. The first-order valence-corrected chi connectivity index (χ1v) is 6.30. The summed E-state index contributed by atoms with van der Waals surface area (Å²) in [5, 5.41) is 0.432. The predicted molar refractivity (Wildman–Crippen MR) is 63.8 cm³/mol. The minimum Gasteiger partial charge on any atom is -0.298 e. The van der Waals surface area contributed by atoms with Crippen LogP contribution in [-0.2, 0) is 0 Å². The Hall–Kier alpha value is 0.270. The fourth-order valence-corrected chi connectivity index (χ4v) is 3.38. The lowest BCUT2D eigenvalue weighted by Gasteiger charge is -2.44. The number of likely N-dealkylation sites (tertiary alicyclic amines) is 1. The van der Waals surface area contributed by atoms with E-state index in [1.165, 1.54) is 25.9 Å². The average molecular weight is 214 g/mol. The lowest BCUT2D eigenvalue weighted by Crippen LogP contribution is -2.56. The molecule has 82 valence electrons. The van der Waals surface area contributed by atoms with E-state index in [2.05, 4.69) is 43.2 Å². The molecule has 0 aromatic rings. The summed E-state index contributed by atoms with van der Waals surface area (Å²) < 4.78 is 0. The van der Waals surface area contributed by atoms with Gasteiger partial charge in [-0.1, -0.05) is 0 Å². The van der Waals surface area contributed by atoms with Gasteiger partial charge in [-0.3, -0.25) is 9.80 Å². The number of rotatable bonds is 2. The molecule has 0 amide bonds. The van der Waals surface area contributed by atoms with Crippen LogP contribution >= 0.6 is 12.6 Å². The molecule has 2 heterocycles. The molecule has 2 aliphatic rings. The highest BCUT2D eigenvalue weighted by atomic mass is 32.1. The summed E-state index contributed by atoms with van der Waals surface area (Å²) in [6, 6.07) is 2.24. The van der Waals surface area contributed by atoms with Gasteiger partial charge in [-0.2, -0.15) is 12.6 Å². The fraction of sp³-hybridized carbons (Fsp3) is 1.00. The van der Waals surface area contributed by atoms with Crippen molar-refractivity contribution in [3.05, 3.63) is 0 Å². The molecular formula is C11H22N2S. The number of hydrogen-bond donors (Lipinski definition) is 1. The Bertz CT molecular complexity index is 191. The van der Waals surface area contributed by atoms with Gasteiger partial charge in [-0.15, -0.1) is 0 Å². The lowest BCUT2D eigenvalue weighted by molar-refractivity contribution is 0.0460. The Morgan fingerprint density at radius 3 is 1.93 bits per heavy atom. The third-order valence-corrected chi connectivity index (χ3v) is 4.00.